The Kier molecular flexibility index (Phi) is 4.00. The maximum atomic E-state index is 6.10. The smallest absolute Gasteiger partial charge is 0.208 e. The minimum Gasteiger partial charge on any atom is -0.395 e. The van der Waals surface area contributed by atoms with Gasteiger partial charge in [-0.25, -0.2) is 0 Å². The van der Waals surface area contributed by atoms with Gasteiger partial charge in [-0.2, -0.15) is 5.10 Å². The van der Waals surface area contributed by atoms with E-state index in [0.29, 0.717) is 0 Å². The summed E-state index contributed by atoms with van der Waals surface area (Å²) in [5, 5.41) is 14.6. The van der Waals surface area contributed by atoms with Crippen molar-refractivity contribution in [2.75, 3.05) is 24.7 Å². The molecule has 0 bridgehead atoms. The molecule has 104 valence electrons. The van der Waals surface area contributed by atoms with E-state index in [2.05, 4.69) is 29.1 Å². The predicted molar refractivity (Wildman–Crippen MR) is 80.1 cm³/mol. The molecule has 2 rings (SSSR count). The van der Waals surface area contributed by atoms with Crippen LogP contribution in [0.4, 0.5) is 10.8 Å². The maximum Gasteiger partial charge on any atom is 0.208 e. The molecule has 2 aromatic rings. The van der Waals surface area contributed by atoms with Gasteiger partial charge in [0, 0.05) is 20.1 Å². The van der Waals surface area contributed by atoms with Crippen molar-refractivity contribution in [3.63, 3.8) is 0 Å². The number of rotatable bonds is 4. The van der Waals surface area contributed by atoms with Crippen LogP contribution >= 0.6 is 23.1 Å². The first-order chi connectivity index (χ1) is 8.90. The molecule has 0 amide bonds. The van der Waals surface area contributed by atoms with E-state index in [-0.39, 0.29) is 6.04 Å². The summed E-state index contributed by atoms with van der Waals surface area (Å²) in [6, 6.07) is 0.264. The minimum atomic E-state index is 0.264. The van der Waals surface area contributed by atoms with Crippen molar-refractivity contribution >= 4 is 33.9 Å². The average Bonchev–Trinajstić information content (AvgIpc) is 2.89. The fraction of sp³-hybridized carbons (Fsp3) is 0.545. The number of nitrogens with zero attached hydrogens (tertiary/aromatic N) is 5. The second kappa shape index (κ2) is 5.38. The van der Waals surface area contributed by atoms with Crippen LogP contribution in [0.1, 0.15) is 25.6 Å². The number of aryl methyl sites for hydroxylation is 1. The molecule has 8 heteroatoms. The highest BCUT2D eigenvalue weighted by atomic mass is 32.2. The lowest BCUT2D eigenvalue weighted by atomic mass is 10.4. The van der Waals surface area contributed by atoms with Gasteiger partial charge in [0.1, 0.15) is 5.03 Å². The Balaban J connectivity index is 2.31. The van der Waals surface area contributed by atoms with Gasteiger partial charge in [0.2, 0.25) is 5.13 Å². The van der Waals surface area contributed by atoms with Crippen LogP contribution < -0.4 is 10.6 Å². The SMILES string of the molecule is Cc1nn(C(C)C)c(Sc2nnc(N(C)C)s2)c1N. The van der Waals surface area contributed by atoms with E-state index in [0.717, 1.165) is 25.9 Å². The van der Waals surface area contributed by atoms with E-state index >= 15 is 0 Å². The highest BCUT2D eigenvalue weighted by Gasteiger charge is 2.18. The van der Waals surface area contributed by atoms with E-state index in [1.807, 2.05) is 30.6 Å². The number of anilines is 2. The molecular formula is C11H18N6S2. The van der Waals surface area contributed by atoms with Crippen molar-refractivity contribution in [2.45, 2.75) is 36.2 Å². The standard InChI is InChI=1S/C11H18N6S2/c1-6(2)17-9(8(12)7(3)15-17)18-11-14-13-10(19-11)16(4)5/h6H,12H2,1-5H3. The first-order valence-electron chi connectivity index (χ1n) is 5.93. The zero-order chi connectivity index (χ0) is 14.2. The van der Waals surface area contributed by atoms with Gasteiger partial charge in [0.05, 0.1) is 11.4 Å². The van der Waals surface area contributed by atoms with E-state index in [9.17, 15) is 0 Å². The third-order valence-electron chi connectivity index (χ3n) is 2.54. The Morgan fingerprint density at radius 1 is 1.32 bits per heavy atom. The fourth-order valence-electron chi connectivity index (χ4n) is 1.50. The zero-order valence-electron chi connectivity index (χ0n) is 11.7. The molecule has 0 saturated carbocycles. The molecule has 2 heterocycles. The quantitative estimate of drug-likeness (QED) is 0.934. The van der Waals surface area contributed by atoms with E-state index in [1.54, 1.807) is 11.3 Å². The van der Waals surface area contributed by atoms with Crippen LogP contribution in [0, 0.1) is 6.92 Å². The molecule has 0 fully saturated rings. The van der Waals surface area contributed by atoms with Crippen LogP contribution in [0.15, 0.2) is 9.37 Å². The van der Waals surface area contributed by atoms with Gasteiger partial charge in [-0.15, -0.1) is 10.2 Å². The zero-order valence-corrected chi connectivity index (χ0v) is 13.3. The van der Waals surface area contributed by atoms with E-state index < -0.39 is 0 Å². The summed E-state index contributed by atoms with van der Waals surface area (Å²) < 4.78 is 2.81. The summed E-state index contributed by atoms with van der Waals surface area (Å²) in [7, 11) is 3.90. The van der Waals surface area contributed by atoms with Gasteiger partial charge in [0.25, 0.3) is 0 Å². The number of hydrogen-bond donors (Lipinski definition) is 1. The van der Waals surface area contributed by atoms with Gasteiger partial charge in [0.15, 0.2) is 4.34 Å². The average molecular weight is 298 g/mol. The van der Waals surface area contributed by atoms with E-state index in [4.69, 9.17) is 5.73 Å². The molecule has 19 heavy (non-hydrogen) atoms. The lowest BCUT2D eigenvalue weighted by Gasteiger charge is -2.09. The third-order valence-corrected chi connectivity index (χ3v) is 4.78. The Hall–Kier alpha value is -1.28. The van der Waals surface area contributed by atoms with Crippen molar-refractivity contribution in [2.24, 2.45) is 0 Å². The van der Waals surface area contributed by atoms with Crippen molar-refractivity contribution < 1.29 is 0 Å². The lowest BCUT2D eigenvalue weighted by molar-refractivity contribution is 0.491. The summed E-state index contributed by atoms with van der Waals surface area (Å²) in [5.74, 6) is 0. The Labute approximate surface area is 121 Å². The number of hydrogen-bond acceptors (Lipinski definition) is 7. The second-order valence-electron chi connectivity index (χ2n) is 4.69. The summed E-state index contributed by atoms with van der Waals surface area (Å²) in [6.07, 6.45) is 0. The fourth-order valence-corrected chi connectivity index (χ4v) is 3.48. The van der Waals surface area contributed by atoms with Gasteiger partial charge in [-0.3, -0.25) is 4.68 Å². The molecule has 0 saturated heterocycles. The van der Waals surface area contributed by atoms with Crippen LogP contribution in [-0.2, 0) is 0 Å². The predicted octanol–water partition coefficient (Wildman–Crippen LogP) is 2.42. The van der Waals surface area contributed by atoms with Gasteiger partial charge >= 0.3 is 0 Å². The Morgan fingerprint density at radius 3 is 2.53 bits per heavy atom. The molecule has 0 unspecified atom stereocenters. The molecule has 0 atom stereocenters. The van der Waals surface area contributed by atoms with Crippen LogP contribution in [-0.4, -0.2) is 34.1 Å². The topological polar surface area (TPSA) is 72.9 Å². The number of aromatic nitrogens is 4. The molecule has 0 spiro atoms. The Morgan fingerprint density at radius 2 is 2.00 bits per heavy atom. The maximum absolute atomic E-state index is 6.10. The number of nitrogens with two attached hydrogens (primary N) is 1. The molecule has 0 aliphatic carbocycles. The summed E-state index contributed by atoms with van der Waals surface area (Å²) >= 11 is 3.07. The molecule has 6 nitrogen and oxygen atoms in total. The third kappa shape index (κ3) is 2.84. The van der Waals surface area contributed by atoms with Gasteiger partial charge < -0.3 is 10.6 Å². The van der Waals surface area contributed by atoms with Crippen molar-refractivity contribution in [1.82, 2.24) is 20.0 Å². The van der Waals surface area contributed by atoms with Crippen LogP contribution in [0.3, 0.4) is 0 Å². The van der Waals surface area contributed by atoms with E-state index in [1.165, 1.54) is 11.8 Å². The first-order valence-corrected chi connectivity index (χ1v) is 7.56. The molecular weight excluding hydrogens is 280 g/mol. The normalized spacial score (nSPS) is 11.3. The lowest BCUT2D eigenvalue weighted by Crippen LogP contribution is -2.07. The summed E-state index contributed by atoms with van der Waals surface area (Å²) in [4.78, 5) is 1.94. The van der Waals surface area contributed by atoms with Gasteiger partial charge in [-0.1, -0.05) is 11.3 Å². The summed E-state index contributed by atoms with van der Waals surface area (Å²) in [6.45, 7) is 6.09. The molecule has 2 N–H and O–H groups in total. The van der Waals surface area contributed by atoms with Crippen LogP contribution in [0.5, 0.6) is 0 Å². The minimum absolute atomic E-state index is 0.264. The molecule has 0 aromatic carbocycles. The molecule has 0 aliphatic rings. The monoisotopic (exact) mass is 298 g/mol. The highest BCUT2D eigenvalue weighted by Crippen LogP contribution is 2.37. The van der Waals surface area contributed by atoms with Crippen LogP contribution in [0.25, 0.3) is 0 Å². The van der Waals surface area contributed by atoms with Crippen LogP contribution in [0.2, 0.25) is 0 Å². The Bertz CT molecular complexity index is 572. The molecule has 0 aliphatic heterocycles. The molecule has 2 aromatic heterocycles. The van der Waals surface area contributed by atoms with Gasteiger partial charge in [-0.05, 0) is 32.5 Å². The first kappa shape index (κ1) is 14.1. The summed E-state index contributed by atoms with van der Waals surface area (Å²) in [5.41, 5.74) is 7.68. The van der Waals surface area contributed by atoms with Crippen molar-refractivity contribution in [3.8, 4) is 0 Å². The highest BCUT2D eigenvalue weighted by molar-refractivity contribution is 8.01. The second-order valence-corrected chi connectivity index (χ2v) is 6.88. The largest absolute Gasteiger partial charge is 0.395 e. The molecule has 0 radical (unpaired) electrons. The number of nitrogen functional groups attached to an aromatic ring is 1. The van der Waals surface area contributed by atoms with Crippen molar-refractivity contribution in [3.05, 3.63) is 5.69 Å². The van der Waals surface area contributed by atoms with Crippen molar-refractivity contribution in [1.29, 1.82) is 0 Å².